The summed E-state index contributed by atoms with van der Waals surface area (Å²) in [4.78, 5) is 0. The van der Waals surface area contributed by atoms with E-state index >= 15 is 0 Å². The maximum Gasteiger partial charge on any atom is 0.0701 e. The van der Waals surface area contributed by atoms with E-state index in [-0.39, 0.29) is 6.61 Å². The zero-order valence-corrected chi connectivity index (χ0v) is 24.1. The van der Waals surface area contributed by atoms with Gasteiger partial charge in [-0.15, -0.1) is 6.58 Å². The van der Waals surface area contributed by atoms with Crippen molar-refractivity contribution in [2.45, 2.75) is 33.1 Å². The third-order valence-corrected chi connectivity index (χ3v) is 5.58. The van der Waals surface area contributed by atoms with Crippen LogP contribution in [0, 0.1) is 11.8 Å². The van der Waals surface area contributed by atoms with Gasteiger partial charge in [0.15, 0.2) is 0 Å². The summed E-state index contributed by atoms with van der Waals surface area (Å²) in [5.74, 6) is 1.27. The maximum atomic E-state index is 8.56. The number of ether oxygens (including phenoxy) is 9. The molecule has 10 nitrogen and oxygen atoms in total. The highest BCUT2D eigenvalue weighted by atomic mass is 16.6. The molecule has 0 fully saturated rings. The van der Waals surface area contributed by atoms with E-state index in [9.17, 15) is 0 Å². The number of rotatable bonds is 33. The minimum atomic E-state index is 0.0303. The summed E-state index contributed by atoms with van der Waals surface area (Å²) < 4.78 is 48.8. The summed E-state index contributed by atoms with van der Waals surface area (Å²) in [6.07, 6.45) is 5.47. The lowest BCUT2D eigenvalue weighted by Gasteiger charge is -2.16. The molecule has 0 radical (unpaired) electrons. The van der Waals surface area contributed by atoms with Gasteiger partial charge in [0, 0.05) is 6.61 Å². The van der Waals surface area contributed by atoms with Gasteiger partial charge in [0.1, 0.15) is 0 Å². The second kappa shape index (κ2) is 32.6. The fourth-order valence-corrected chi connectivity index (χ4v) is 3.18. The zero-order chi connectivity index (χ0) is 27.8. The number of hydrogen-bond acceptors (Lipinski definition) is 10. The summed E-state index contributed by atoms with van der Waals surface area (Å²) in [7, 11) is 0. The Hall–Kier alpha value is -0.660. The Morgan fingerprint density at radius 1 is 0.526 bits per heavy atom. The Morgan fingerprint density at radius 2 is 0.816 bits per heavy atom. The fourth-order valence-electron chi connectivity index (χ4n) is 3.18. The molecule has 0 aromatic heterocycles. The average molecular weight is 553 g/mol. The van der Waals surface area contributed by atoms with Gasteiger partial charge in [0.25, 0.3) is 0 Å². The van der Waals surface area contributed by atoms with E-state index in [0.717, 1.165) is 18.9 Å². The predicted molar refractivity (Wildman–Crippen MR) is 147 cm³/mol. The Labute approximate surface area is 231 Å². The highest BCUT2D eigenvalue weighted by Crippen LogP contribution is 2.18. The molecule has 10 heteroatoms. The molecule has 2 atom stereocenters. The number of aliphatic hydroxyl groups is 1. The Bertz CT molecular complexity index is 455. The van der Waals surface area contributed by atoms with E-state index in [1.165, 1.54) is 12.8 Å². The summed E-state index contributed by atoms with van der Waals surface area (Å²) in [6, 6.07) is 0. The van der Waals surface area contributed by atoms with Crippen LogP contribution in [0.2, 0.25) is 0 Å². The van der Waals surface area contributed by atoms with Crippen molar-refractivity contribution in [2.75, 3.05) is 126 Å². The number of aliphatic hydroxyl groups excluding tert-OH is 1. The molecule has 0 aliphatic heterocycles. The van der Waals surface area contributed by atoms with Gasteiger partial charge in [-0.05, 0) is 24.7 Å². The van der Waals surface area contributed by atoms with Crippen molar-refractivity contribution in [3.05, 3.63) is 12.7 Å². The highest BCUT2D eigenvalue weighted by molar-refractivity contribution is 4.80. The molecule has 0 spiro atoms. The van der Waals surface area contributed by atoms with Crippen LogP contribution >= 0.6 is 0 Å². The van der Waals surface area contributed by atoms with Gasteiger partial charge < -0.3 is 47.7 Å². The van der Waals surface area contributed by atoms with Crippen molar-refractivity contribution >= 4 is 0 Å². The average Bonchev–Trinajstić information content (AvgIpc) is 2.93. The molecular weight excluding hydrogens is 496 g/mol. The molecule has 0 aromatic rings. The monoisotopic (exact) mass is 552 g/mol. The molecule has 2 unspecified atom stereocenters. The van der Waals surface area contributed by atoms with Crippen molar-refractivity contribution in [3.63, 3.8) is 0 Å². The molecule has 0 rings (SSSR count). The van der Waals surface area contributed by atoms with E-state index in [4.69, 9.17) is 47.7 Å². The van der Waals surface area contributed by atoms with E-state index in [2.05, 4.69) is 26.5 Å². The zero-order valence-electron chi connectivity index (χ0n) is 24.1. The first-order valence-electron chi connectivity index (χ1n) is 14.2. The minimum Gasteiger partial charge on any atom is -0.394 e. The van der Waals surface area contributed by atoms with E-state index in [0.29, 0.717) is 118 Å². The van der Waals surface area contributed by atoms with Crippen molar-refractivity contribution < 1.29 is 47.7 Å². The van der Waals surface area contributed by atoms with Crippen molar-refractivity contribution in [1.29, 1.82) is 0 Å². The lowest BCUT2D eigenvalue weighted by Crippen LogP contribution is -2.15. The van der Waals surface area contributed by atoms with Crippen molar-refractivity contribution in [3.8, 4) is 0 Å². The molecule has 0 heterocycles. The topological polar surface area (TPSA) is 103 Å². The van der Waals surface area contributed by atoms with Gasteiger partial charge in [0.2, 0.25) is 0 Å². The van der Waals surface area contributed by atoms with Crippen LogP contribution < -0.4 is 0 Å². The summed E-state index contributed by atoms with van der Waals surface area (Å²) in [5, 5.41) is 8.56. The van der Waals surface area contributed by atoms with Crippen LogP contribution in [0.15, 0.2) is 12.7 Å². The second-order valence-electron chi connectivity index (χ2n) is 8.77. The largest absolute Gasteiger partial charge is 0.394 e. The Morgan fingerprint density at radius 3 is 1.08 bits per heavy atom. The molecule has 0 aliphatic rings. The third-order valence-electron chi connectivity index (χ3n) is 5.58. The predicted octanol–water partition coefficient (Wildman–Crippen LogP) is 2.76. The summed E-state index contributed by atoms with van der Waals surface area (Å²) in [6.45, 7) is 18.0. The molecular formula is C28H56O10. The smallest absolute Gasteiger partial charge is 0.0701 e. The van der Waals surface area contributed by atoms with Crippen LogP contribution in [-0.4, -0.2) is 131 Å². The lowest BCUT2D eigenvalue weighted by atomic mass is 9.92. The molecule has 0 aliphatic carbocycles. The molecule has 38 heavy (non-hydrogen) atoms. The minimum absolute atomic E-state index is 0.0303. The number of hydrogen-bond donors (Lipinski definition) is 1. The van der Waals surface area contributed by atoms with Crippen LogP contribution in [0.5, 0.6) is 0 Å². The van der Waals surface area contributed by atoms with Crippen LogP contribution in [0.4, 0.5) is 0 Å². The van der Waals surface area contributed by atoms with Gasteiger partial charge in [-0.1, -0.05) is 26.3 Å². The third kappa shape index (κ3) is 29.9. The van der Waals surface area contributed by atoms with Gasteiger partial charge >= 0.3 is 0 Å². The van der Waals surface area contributed by atoms with Crippen LogP contribution in [0.25, 0.3) is 0 Å². The molecule has 0 amide bonds. The molecule has 0 saturated heterocycles. The van der Waals surface area contributed by atoms with Crippen LogP contribution in [0.1, 0.15) is 33.1 Å². The standard InChI is InChI=1S/C28H56O10/c1-4-27(3)26-28(5-2)6-8-30-10-12-32-14-16-34-18-20-36-22-24-38-25-23-37-21-19-35-17-15-33-13-11-31-9-7-29/h5,27-29H,2,4,6-26H2,1,3H3. The lowest BCUT2D eigenvalue weighted by molar-refractivity contribution is -0.0256. The highest BCUT2D eigenvalue weighted by Gasteiger charge is 2.08. The second-order valence-corrected chi connectivity index (χ2v) is 8.77. The molecule has 228 valence electrons. The summed E-state index contributed by atoms with van der Waals surface area (Å²) >= 11 is 0. The first-order valence-corrected chi connectivity index (χ1v) is 14.2. The normalized spacial score (nSPS) is 13.1. The molecule has 0 aromatic carbocycles. The van der Waals surface area contributed by atoms with Gasteiger partial charge in [0.05, 0.1) is 119 Å². The van der Waals surface area contributed by atoms with Crippen molar-refractivity contribution in [1.82, 2.24) is 0 Å². The van der Waals surface area contributed by atoms with E-state index in [1.54, 1.807) is 0 Å². The number of allylic oxidation sites excluding steroid dienone is 1. The Balaban J connectivity index is 3.13. The maximum absolute atomic E-state index is 8.56. The Kier molecular flexibility index (Phi) is 32.0. The SMILES string of the molecule is C=CC(CCOCCOCCOCCOCCOCCOCCOCCOCCOCCO)CC(C)CC. The first-order chi connectivity index (χ1) is 18.7. The quantitative estimate of drug-likeness (QED) is 0.0966. The van der Waals surface area contributed by atoms with E-state index < -0.39 is 0 Å². The van der Waals surface area contributed by atoms with Crippen LogP contribution in [-0.2, 0) is 42.6 Å². The van der Waals surface area contributed by atoms with Gasteiger partial charge in [-0.3, -0.25) is 0 Å². The van der Waals surface area contributed by atoms with E-state index in [1.807, 2.05) is 0 Å². The van der Waals surface area contributed by atoms with Gasteiger partial charge in [-0.25, -0.2) is 0 Å². The van der Waals surface area contributed by atoms with Crippen molar-refractivity contribution in [2.24, 2.45) is 11.8 Å². The van der Waals surface area contributed by atoms with Gasteiger partial charge in [-0.2, -0.15) is 0 Å². The first kappa shape index (κ1) is 37.3. The summed E-state index contributed by atoms with van der Waals surface area (Å²) in [5.41, 5.74) is 0. The molecule has 0 saturated carbocycles. The molecule has 0 bridgehead atoms. The van der Waals surface area contributed by atoms with Crippen LogP contribution in [0.3, 0.4) is 0 Å². The molecule has 1 N–H and O–H groups in total. The fraction of sp³-hybridized carbons (Fsp3) is 0.929.